The second-order valence-electron chi connectivity index (χ2n) is 6.94. The second kappa shape index (κ2) is 9.12. The van der Waals surface area contributed by atoms with E-state index in [0.717, 1.165) is 38.5 Å². The van der Waals surface area contributed by atoms with Gasteiger partial charge in [0.05, 0.1) is 13.2 Å². The van der Waals surface area contributed by atoms with Gasteiger partial charge in [-0.2, -0.15) is 0 Å². The van der Waals surface area contributed by atoms with E-state index >= 15 is 0 Å². The van der Waals surface area contributed by atoms with Crippen LogP contribution in [0.1, 0.15) is 22.7 Å². The minimum Gasteiger partial charge on any atom is -0.370 e. The van der Waals surface area contributed by atoms with Crippen LogP contribution in [0.25, 0.3) is 0 Å². The molecule has 1 heterocycles. The molecule has 1 aliphatic rings. The molecular formula is C21H28N3OS+. The number of ether oxygens (including phenoxy) is 1. The van der Waals surface area contributed by atoms with Gasteiger partial charge in [0.15, 0.2) is 5.11 Å². The van der Waals surface area contributed by atoms with Crippen molar-refractivity contribution in [3.63, 3.8) is 0 Å². The molecule has 1 atom stereocenters. The van der Waals surface area contributed by atoms with Crippen LogP contribution in [-0.4, -0.2) is 38.0 Å². The van der Waals surface area contributed by atoms with E-state index < -0.39 is 0 Å². The number of anilines is 1. The summed E-state index contributed by atoms with van der Waals surface area (Å²) in [5.74, 6) is 0. The summed E-state index contributed by atoms with van der Waals surface area (Å²) in [6, 6.07) is 17.1. The van der Waals surface area contributed by atoms with Crippen LogP contribution in [0.15, 0.2) is 48.5 Å². The lowest BCUT2D eigenvalue weighted by Crippen LogP contribution is -3.14. The fraction of sp³-hybridized carbons (Fsp3) is 0.381. The van der Waals surface area contributed by atoms with Gasteiger partial charge in [-0.05, 0) is 43.3 Å². The first-order chi connectivity index (χ1) is 12.6. The largest absolute Gasteiger partial charge is 0.370 e. The predicted molar refractivity (Wildman–Crippen MR) is 111 cm³/mol. The van der Waals surface area contributed by atoms with Gasteiger partial charge in [-0.25, -0.2) is 0 Å². The smallest absolute Gasteiger partial charge is 0.171 e. The van der Waals surface area contributed by atoms with Crippen molar-refractivity contribution in [1.29, 1.82) is 0 Å². The van der Waals surface area contributed by atoms with Crippen molar-refractivity contribution < 1.29 is 9.64 Å². The van der Waals surface area contributed by atoms with E-state index in [4.69, 9.17) is 17.0 Å². The maximum Gasteiger partial charge on any atom is 0.171 e. The highest BCUT2D eigenvalue weighted by Gasteiger charge is 2.22. The summed E-state index contributed by atoms with van der Waals surface area (Å²) >= 11 is 5.61. The predicted octanol–water partition coefficient (Wildman–Crippen LogP) is 2.25. The molecule has 1 saturated heterocycles. The molecule has 4 nitrogen and oxygen atoms in total. The Bertz CT molecular complexity index is 726. The second-order valence-corrected chi connectivity index (χ2v) is 7.35. The molecule has 0 radical (unpaired) electrons. The molecule has 0 saturated carbocycles. The highest BCUT2D eigenvalue weighted by Crippen LogP contribution is 2.16. The summed E-state index contributed by atoms with van der Waals surface area (Å²) in [6.07, 6.45) is 0. The summed E-state index contributed by atoms with van der Waals surface area (Å²) in [5.41, 5.74) is 4.77. The topological polar surface area (TPSA) is 37.7 Å². The Morgan fingerprint density at radius 3 is 2.46 bits per heavy atom. The first-order valence-electron chi connectivity index (χ1n) is 9.23. The van der Waals surface area contributed by atoms with Crippen molar-refractivity contribution in [3.8, 4) is 0 Å². The number of aryl methyl sites for hydroxylation is 2. The minimum absolute atomic E-state index is 0.174. The molecule has 2 aromatic carbocycles. The van der Waals surface area contributed by atoms with E-state index in [2.05, 4.69) is 60.9 Å². The van der Waals surface area contributed by atoms with Crippen LogP contribution in [0.5, 0.6) is 0 Å². The number of rotatable bonds is 5. The van der Waals surface area contributed by atoms with Crippen molar-refractivity contribution in [2.75, 3.05) is 38.2 Å². The molecule has 1 aliphatic heterocycles. The average Bonchev–Trinajstić information content (AvgIpc) is 2.65. The number of quaternary nitrogens is 1. The number of nitrogens with one attached hydrogen (secondary N) is 3. The van der Waals surface area contributed by atoms with E-state index in [-0.39, 0.29) is 6.04 Å². The van der Waals surface area contributed by atoms with Gasteiger partial charge in [-0.15, -0.1) is 0 Å². The van der Waals surface area contributed by atoms with E-state index in [1.165, 1.54) is 16.7 Å². The number of thiocarbonyl (C=S) groups is 1. The van der Waals surface area contributed by atoms with Crippen LogP contribution in [0, 0.1) is 13.8 Å². The summed E-state index contributed by atoms with van der Waals surface area (Å²) in [4.78, 5) is 1.55. The molecular weight excluding hydrogens is 342 g/mol. The molecule has 3 rings (SSSR count). The number of benzene rings is 2. The Balaban J connectivity index is 1.70. The van der Waals surface area contributed by atoms with Gasteiger partial charge in [-0.3, -0.25) is 0 Å². The summed E-state index contributed by atoms with van der Waals surface area (Å²) in [6.45, 7) is 8.94. The van der Waals surface area contributed by atoms with Crippen LogP contribution in [0.2, 0.25) is 0 Å². The number of morpholine rings is 1. The number of para-hydroxylation sites is 1. The maximum atomic E-state index is 5.61. The van der Waals surface area contributed by atoms with Gasteiger partial charge in [-0.1, -0.05) is 48.0 Å². The van der Waals surface area contributed by atoms with Crippen LogP contribution in [0.4, 0.5) is 5.69 Å². The Morgan fingerprint density at radius 2 is 1.77 bits per heavy atom. The third kappa shape index (κ3) is 5.27. The van der Waals surface area contributed by atoms with Crippen LogP contribution < -0.4 is 15.5 Å². The van der Waals surface area contributed by atoms with Crippen LogP contribution >= 0.6 is 12.2 Å². The van der Waals surface area contributed by atoms with Gasteiger partial charge in [0.1, 0.15) is 25.7 Å². The molecule has 5 heteroatoms. The van der Waals surface area contributed by atoms with Crippen molar-refractivity contribution in [1.82, 2.24) is 5.32 Å². The van der Waals surface area contributed by atoms with Crippen LogP contribution in [-0.2, 0) is 4.74 Å². The first-order valence-corrected chi connectivity index (χ1v) is 9.63. The fourth-order valence-electron chi connectivity index (χ4n) is 3.23. The minimum atomic E-state index is 0.174. The molecule has 0 spiro atoms. The monoisotopic (exact) mass is 370 g/mol. The van der Waals surface area contributed by atoms with Crippen molar-refractivity contribution in [3.05, 3.63) is 65.2 Å². The maximum absolute atomic E-state index is 5.61. The van der Waals surface area contributed by atoms with E-state index in [9.17, 15) is 0 Å². The third-order valence-electron chi connectivity index (χ3n) is 4.87. The molecule has 0 amide bonds. The summed E-state index contributed by atoms with van der Waals surface area (Å²) in [7, 11) is 0. The van der Waals surface area contributed by atoms with E-state index in [0.29, 0.717) is 5.11 Å². The van der Waals surface area contributed by atoms with E-state index in [1.54, 1.807) is 4.90 Å². The highest BCUT2D eigenvalue weighted by molar-refractivity contribution is 7.80. The Labute approximate surface area is 161 Å². The molecule has 0 aromatic heterocycles. The molecule has 0 unspecified atom stereocenters. The quantitative estimate of drug-likeness (QED) is 0.706. The lowest BCUT2D eigenvalue weighted by molar-refractivity contribution is -0.909. The SMILES string of the molecule is Cc1ccc([C@H](C[NH+]2CCOCC2)NC(=S)Nc2ccccc2C)cc1. The molecule has 138 valence electrons. The van der Waals surface area contributed by atoms with Gasteiger partial charge in [0.2, 0.25) is 0 Å². The van der Waals surface area contributed by atoms with Crippen molar-refractivity contribution >= 4 is 23.0 Å². The average molecular weight is 371 g/mol. The molecule has 26 heavy (non-hydrogen) atoms. The third-order valence-corrected chi connectivity index (χ3v) is 5.09. The highest BCUT2D eigenvalue weighted by atomic mass is 32.1. The van der Waals surface area contributed by atoms with Gasteiger partial charge < -0.3 is 20.3 Å². The number of hydrogen-bond acceptors (Lipinski definition) is 2. The van der Waals surface area contributed by atoms with Crippen molar-refractivity contribution in [2.24, 2.45) is 0 Å². The normalized spacial score (nSPS) is 16.1. The zero-order valence-electron chi connectivity index (χ0n) is 15.5. The van der Waals surface area contributed by atoms with Crippen LogP contribution in [0.3, 0.4) is 0 Å². The first kappa shape index (κ1) is 18.8. The summed E-state index contributed by atoms with van der Waals surface area (Å²) < 4.78 is 5.50. The van der Waals surface area contributed by atoms with E-state index in [1.807, 2.05) is 12.1 Å². The Kier molecular flexibility index (Phi) is 6.61. The van der Waals surface area contributed by atoms with Crippen molar-refractivity contribution in [2.45, 2.75) is 19.9 Å². The summed E-state index contributed by atoms with van der Waals surface area (Å²) in [5, 5.41) is 7.54. The Morgan fingerprint density at radius 1 is 1.08 bits per heavy atom. The molecule has 0 aliphatic carbocycles. The Hall–Kier alpha value is -1.95. The lowest BCUT2D eigenvalue weighted by Gasteiger charge is -2.29. The molecule has 3 N–H and O–H groups in total. The zero-order valence-corrected chi connectivity index (χ0v) is 16.4. The van der Waals surface area contributed by atoms with Gasteiger partial charge >= 0.3 is 0 Å². The lowest BCUT2D eigenvalue weighted by atomic mass is 10.0. The molecule has 0 bridgehead atoms. The standard InChI is InChI=1S/C21H27N3OS/c1-16-7-9-18(10-8-16)20(15-24-11-13-25-14-12-24)23-21(26)22-19-6-4-3-5-17(19)2/h3-10,20H,11-15H2,1-2H3,(H2,22,23,26)/p+1/t20-/m0/s1. The van der Waals surface area contributed by atoms with Gasteiger partial charge in [0, 0.05) is 5.69 Å². The zero-order chi connectivity index (χ0) is 18.4. The number of hydrogen-bond donors (Lipinski definition) is 3. The fourth-order valence-corrected chi connectivity index (χ4v) is 3.49. The molecule has 1 fully saturated rings. The van der Waals surface area contributed by atoms with Gasteiger partial charge in [0.25, 0.3) is 0 Å². The molecule has 2 aromatic rings.